The summed E-state index contributed by atoms with van der Waals surface area (Å²) in [4.78, 5) is 11.1. The molecule has 0 atom stereocenters. The van der Waals surface area contributed by atoms with Crippen molar-refractivity contribution in [3.8, 4) is 11.3 Å². The Morgan fingerprint density at radius 1 is 1.25 bits per heavy atom. The van der Waals surface area contributed by atoms with Gasteiger partial charge in [0.25, 0.3) is 0 Å². The van der Waals surface area contributed by atoms with Crippen LogP contribution < -0.4 is 10.5 Å². The predicted molar refractivity (Wildman–Crippen MR) is 85.3 cm³/mol. The first-order valence-electron chi connectivity index (χ1n) is 6.43. The van der Waals surface area contributed by atoms with Crippen LogP contribution in [0, 0.1) is 0 Å². The molecular weight excluding hydrogens is 249 g/mol. The molecule has 0 radical (unpaired) electrons. The molecule has 3 rings (SSSR count). The smallest absolute Gasteiger partial charge is 0.219 e. The summed E-state index contributed by atoms with van der Waals surface area (Å²) in [6.07, 6.45) is 1.77. The summed E-state index contributed by atoms with van der Waals surface area (Å²) >= 11 is 0. The van der Waals surface area contributed by atoms with Crippen LogP contribution in [0.25, 0.3) is 22.3 Å². The molecule has 0 aliphatic heterocycles. The summed E-state index contributed by atoms with van der Waals surface area (Å²) < 4.78 is 1.94. The number of rotatable bonds is 2. The van der Waals surface area contributed by atoms with Crippen LogP contribution in [0.2, 0.25) is 0 Å². The predicted octanol–water partition coefficient (Wildman–Crippen LogP) is 1.20. The molecule has 0 fully saturated rings. The fraction of sp³-hybridized carbons (Fsp3) is 0.143. The van der Waals surface area contributed by atoms with Gasteiger partial charge in [0.1, 0.15) is 11.3 Å². The molecule has 6 heteroatoms. The summed E-state index contributed by atoms with van der Waals surface area (Å²) in [5.74, 6) is 0.827. The van der Waals surface area contributed by atoms with Crippen LogP contribution in [-0.2, 0) is 7.05 Å². The largest absolute Gasteiger partial charge is 0.408 e. The Balaban J connectivity index is 2.39. The number of pyridine rings is 1. The van der Waals surface area contributed by atoms with Crippen molar-refractivity contribution in [3.05, 3.63) is 36.7 Å². The van der Waals surface area contributed by atoms with Crippen molar-refractivity contribution in [1.29, 1.82) is 0 Å². The number of hydrogen-bond acceptors (Lipinski definition) is 4. The average molecular weight is 265 g/mol. The van der Waals surface area contributed by atoms with Gasteiger partial charge in [0, 0.05) is 12.6 Å². The summed E-state index contributed by atoms with van der Waals surface area (Å²) in [5.41, 5.74) is 10.5. The first-order valence-corrected chi connectivity index (χ1v) is 6.43. The van der Waals surface area contributed by atoms with Crippen molar-refractivity contribution >= 4 is 30.5 Å². The molecule has 3 aromatic rings. The normalized spacial score (nSPS) is 10.9. The maximum absolute atomic E-state index is 6.32. The number of hydrogen-bond donors (Lipinski definition) is 1. The fourth-order valence-corrected chi connectivity index (χ4v) is 2.37. The third-order valence-corrected chi connectivity index (χ3v) is 3.35. The van der Waals surface area contributed by atoms with Gasteiger partial charge in [-0.2, -0.15) is 0 Å². The number of imidazole rings is 1. The van der Waals surface area contributed by atoms with E-state index >= 15 is 0 Å². The molecule has 0 unspecified atom stereocenters. The number of anilines is 2. The molecule has 0 spiro atoms. The lowest BCUT2D eigenvalue weighted by molar-refractivity contribution is 0.948. The van der Waals surface area contributed by atoms with Crippen LogP contribution in [0.5, 0.6) is 0 Å². The van der Waals surface area contributed by atoms with Crippen molar-refractivity contribution in [2.75, 3.05) is 17.6 Å². The van der Waals surface area contributed by atoms with Gasteiger partial charge in [0.15, 0.2) is 0 Å². The molecule has 100 valence electrons. The minimum atomic E-state index is 0.664. The second kappa shape index (κ2) is 4.56. The molecule has 5 nitrogen and oxygen atoms in total. The molecule has 0 aliphatic carbocycles. The van der Waals surface area contributed by atoms with E-state index in [4.69, 9.17) is 10.7 Å². The Morgan fingerprint density at radius 2 is 1.95 bits per heavy atom. The molecule has 0 saturated heterocycles. The second-order valence-electron chi connectivity index (χ2n) is 5.01. The zero-order valence-electron chi connectivity index (χ0n) is 11.8. The monoisotopic (exact) mass is 265 g/mol. The van der Waals surface area contributed by atoms with E-state index in [-0.39, 0.29) is 0 Å². The van der Waals surface area contributed by atoms with Crippen LogP contribution in [0.15, 0.2) is 36.7 Å². The highest BCUT2D eigenvalue weighted by Crippen LogP contribution is 2.34. The fourth-order valence-electron chi connectivity index (χ4n) is 2.37. The minimum Gasteiger partial charge on any atom is -0.408 e. The maximum atomic E-state index is 6.32. The van der Waals surface area contributed by atoms with Gasteiger partial charge in [0.05, 0.1) is 23.2 Å². The van der Waals surface area contributed by atoms with Gasteiger partial charge >= 0.3 is 0 Å². The molecule has 2 N–H and O–H groups in total. The highest BCUT2D eigenvalue weighted by Gasteiger charge is 2.17. The van der Waals surface area contributed by atoms with Crippen molar-refractivity contribution in [1.82, 2.24) is 14.5 Å². The van der Waals surface area contributed by atoms with Gasteiger partial charge < -0.3 is 15.1 Å². The highest BCUT2D eigenvalue weighted by atomic mass is 15.1. The Kier molecular flexibility index (Phi) is 2.86. The number of aromatic nitrogens is 3. The third-order valence-electron chi connectivity index (χ3n) is 3.35. The number of fused-ring (bicyclic) bond motifs is 1. The Labute approximate surface area is 118 Å². The third kappa shape index (κ3) is 1.81. The highest BCUT2D eigenvalue weighted by molar-refractivity contribution is 6.20. The molecule has 0 amide bonds. The van der Waals surface area contributed by atoms with E-state index in [2.05, 4.69) is 4.98 Å². The Morgan fingerprint density at radius 3 is 2.60 bits per heavy atom. The summed E-state index contributed by atoms with van der Waals surface area (Å²) in [6.45, 7) is 0. The lowest BCUT2D eigenvalue weighted by Crippen LogP contribution is -2.15. The van der Waals surface area contributed by atoms with E-state index in [9.17, 15) is 0 Å². The number of nitrogens with two attached hydrogens (primary N) is 1. The van der Waals surface area contributed by atoms with E-state index in [0.717, 1.165) is 28.1 Å². The van der Waals surface area contributed by atoms with E-state index in [1.165, 1.54) is 0 Å². The van der Waals surface area contributed by atoms with E-state index in [1.54, 1.807) is 6.33 Å². The first-order chi connectivity index (χ1) is 9.59. The summed E-state index contributed by atoms with van der Waals surface area (Å²) in [5, 5.41) is 0. The van der Waals surface area contributed by atoms with E-state index in [0.29, 0.717) is 5.69 Å². The second-order valence-corrected chi connectivity index (χ2v) is 5.01. The van der Waals surface area contributed by atoms with Gasteiger partial charge in [-0.25, -0.2) is 9.97 Å². The molecule has 0 bridgehead atoms. The van der Waals surface area contributed by atoms with Crippen molar-refractivity contribution in [2.45, 2.75) is 0 Å². The van der Waals surface area contributed by atoms with Crippen LogP contribution in [-0.4, -0.2) is 29.6 Å². The Hall–Kier alpha value is -2.50. The molecular formula is C14H16BN5. The van der Waals surface area contributed by atoms with Crippen molar-refractivity contribution < 1.29 is 0 Å². The van der Waals surface area contributed by atoms with Crippen molar-refractivity contribution in [2.24, 2.45) is 7.05 Å². The number of nitrogen functional groups attached to an aromatic ring is 1. The van der Waals surface area contributed by atoms with Crippen LogP contribution in [0.3, 0.4) is 0 Å². The van der Waals surface area contributed by atoms with E-state index in [1.807, 2.05) is 61.8 Å². The topological polar surface area (TPSA) is 60.0 Å². The molecule has 20 heavy (non-hydrogen) atoms. The number of benzene rings is 1. The van der Waals surface area contributed by atoms with Crippen LogP contribution in [0.4, 0.5) is 11.5 Å². The van der Waals surface area contributed by atoms with Crippen LogP contribution >= 0.6 is 0 Å². The quantitative estimate of drug-likeness (QED) is 0.707. The molecule has 0 aliphatic rings. The van der Waals surface area contributed by atoms with Gasteiger partial charge in [-0.05, 0) is 7.05 Å². The first kappa shape index (κ1) is 12.5. The number of aryl methyl sites for hydroxylation is 1. The van der Waals surface area contributed by atoms with Gasteiger partial charge in [0.2, 0.25) is 7.98 Å². The minimum absolute atomic E-state index is 0.664. The Bertz CT molecular complexity index is 764. The van der Waals surface area contributed by atoms with Crippen LogP contribution in [0.1, 0.15) is 0 Å². The zero-order chi connectivity index (χ0) is 14.3. The van der Waals surface area contributed by atoms with Gasteiger partial charge in [-0.1, -0.05) is 30.3 Å². The summed E-state index contributed by atoms with van der Waals surface area (Å²) in [6, 6.07) is 9.98. The molecule has 0 saturated carbocycles. The summed E-state index contributed by atoms with van der Waals surface area (Å²) in [7, 11) is 5.86. The molecule has 1 aromatic carbocycles. The molecule has 2 heterocycles. The average Bonchev–Trinajstić information content (AvgIpc) is 2.82. The van der Waals surface area contributed by atoms with E-state index < -0.39 is 0 Å². The molecule has 2 aromatic heterocycles. The lowest BCUT2D eigenvalue weighted by Gasteiger charge is -2.16. The van der Waals surface area contributed by atoms with Gasteiger partial charge in [-0.15, -0.1) is 0 Å². The zero-order valence-corrected chi connectivity index (χ0v) is 11.8. The standard InChI is InChI=1S/C14H16BN5/c1-19-8-17-12-13(19)10(16)11(18-14(12)20(2)15)9-6-4-3-5-7-9/h3-8H,15-16H2,1-2H3. The van der Waals surface area contributed by atoms with Crippen molar-refractivity contribution in [3.63, 3.8) is 0 Å². The van der Waals surface area contributed by atoms with Gasteiger partial charge in [-0.3, -0.25) is 0 Å². The SMILES string of the molecule is BN(C)c1nc(-c2ccccc2)c(N)c2c1ncn2C. The number of nitrogens with zero attached hydrogens (tertiary/aromatic N) is 4. The lowest BCUT2D eigenvalue weighted by atomic mass is 10.1. The maximum Gasteiger partial charge on any atom is 0.219 e.